The fourth-order valence-corrected chi connectivity index (χ4v) is 5.72. The molecule has 0 amide bonds. The standard InChI is InChI=1S/C35H27N19O5/c1-15-23(14-36)29(51(47-15)21-10-6-8-19(12-21)31(55)56)45-43-24-16(2)49-53(27(24)37)33-40-34(42-35(59)41-33)54-28(38)25(17(3)50-54)44-46-30-26(39-5)18(4)48-52(30)22-11-7-9-20(13-22)32(57)58/h6-13H,37-38H2,1-4H3,(H,55,56)(H,57,58)(H,40,41,42,59). The normalized spacial score (nSPS) is 11.4. The molecular formula is C35H27N19O5. The van der Waals surface area contributed by atoms with Gasteiger partial charge in [0, 0.05) is 0 Å². The number of aromatic hydroxyl groups is 1. The quantitative estimate of drug-likeness (QED) is 0.0858. The van der Waals surface area contributed by atoms with Crippen LogP contribution in [-0.4, -0.2) is 81.3 Å². The number of azo groups is 2. The lowest BCUT2D eigenvalue weighted by Crippen LogP contribution is -2.13. The summed E-state index contributed by atoms with van der Waals surface area (Å²) in [6.45, 7) is 14.0. The van der Waals surface area contributed by atoms with E-state index in [-0.39, 0.29) is 80.3 Å². The van der Waals surface area contributed by atoms with Crippen LogP contribution < -0.4 is 11.5 Å². The molecule has 0 spiro atoms. The van der Waals surface area contributed by atoms with Crippen molar-refractivity contribution < 1.29 is 24.9 Å². The third-order valence-corrected chi connectivity index (χ3v) is 8.54. The van der Waals surface area contributed by atoms with Crippen LogP contribution in [-0.2, 0) is 0 Å². The molecule has 7 rings (SSSR count). The summed E-state index contributed by atoms with van der Waals surface area (Å²) >= 11 is 0. The highest BCUT2D eigenvalue weighted by Crippen LogP contribution is 2.38. The predicted octanol–water partition coefficient (Wildman–Crippen LogP) is 5.37. The first-order valence-electron chi connectivity index (χ1n) is 16.8. The summed E-state index contributed by atoms with van der Waals surface area (Å²) < 4.78 is 4.68. The number of carboxylic acids is 2. The highest BCUT2D eigenvalue weighted by atomic mass is 16.4. The number of nitriles is 1. The van der Waals surface area contributed by atoms with Crippen LogP contribution in [0.3, 0.4) is 0 Å². The van der Waals surface area contributed by atoms with Gasteiger partial charge in [0.05, 0.1) is 51.8 Å². The molecule has 0 aliphatic heterocycles. The number of aromatic nitrogens is 11. The van der Waals surface area contributed by atoms with E-state index in [1.54, 1.807) is 39.8 Å². The summed E-state index contributed by atoms with van der Waals surface area (Å²) in [7, 11) is 0. The number of hydrogen-bond donors (Lipinski definition) is 5. The molecule has 0 atom stereocenters. The minimum atomic E-state index is -1.16. The van der Waals surface area contributed by atoms with Gasteiger partial charge in [-0.05, 0) is 64.1 Å². The molecule has 292 valence electrons. The number of anilines is 2. The van der Waals surface area contributed by atoms with E-state index in [4.69, 9.17) is 18.0 Å². The highest BCUT2D eigenvalue weighted by Gasteiger charge is 2.24. The van der Waals surface area contributed by atoms with E-state index in [9.17, 15) is 30.2 Å². The van der Waals surface area contributed by atoms with Crippen molar-refractivity contribution in [2.45, 2.75) is 27.7 Å². The van der Waals surface area contributed by atoms with Gasteiger partial charge in [-0.1, -0.05) is 12.1 Å². The fraction of sp³-hybridized carbons (Fsp3) is 0.114. The minimum Gasteiger partial charge on any atom is -0.479 e. The van der Waals surface area contributed by atoms with Crippen molar-refractivity contribution in [2.24, 2.45) is 20.5 Å². The molecule has 2 aromatic carbocycles. The summed E-state index contributed by atoms with van der Waals surface area (Å²) in [5, 5.41) is 74.0. The van der Waals surface area contributed by atoms with Crippen molar-refractivity contribution in [3.05, 3.63) is 99.4 Å². The molecule has 59 heavy (non-hydrogen) atoms. The lowest BCUT2D eigenvalue weighted by molar-refractivity contribution is 0.0686. The fourth-order valence-electron chi connectivity index (χ4n) is 5.72. The van der Waals surface area contributed by atoms with Gasteiger partial charge >= 0.3 is 17.9 Å². The van der Waals surface area contributed by atoms with E-state index in [2.05, 4.69) is 60.6 Å². The Morgan fingerprint density at radius 1 is 0.695 bits per heavy atom. The molecule has 0 saturated carbocycles. The second-order valence-corrected chi connectivity index (χ2v) is 12.4. The Morgan fingerprint density at radius 3 is 1.63 bits per heavy atom. The summed E-state index contributed by atoms with van der Waals surface area (Å²) in [6.07, 6.45) is 0. The molecule has 0 aliphatic rings. The summed E-state index contributed by atoms with van der Waals surface area (Å²) in [6, 6.07) is 13.1. The van der Waals surface area contributed by atoms with Crippen LogP contribution >= 0.6 is 0 Å². The van der Waals surface area contributed by atoms with E-state index >= 15 is 0 Å². The van der Waals surface area contributed by atoms with Crippen molar-refractivity contribution in [3.8, 4) is 35.4 Å². The maximum Gasteiger partial charge on any atom is 0.335 e. The number of hydrogen-bond acceptors (Lipinski definition) is 17. The number of aryl methyl sites for hydroxylation is 4. The Hall–Kier alpha value is -9.19. The Balaban J connectivity index is 1.24. The minimum absolute atomic E-state index is 0.0000106. The van der Waals surface area contributed by atoms with Gasteiger partial charge in [0.15, 0.2) is 34.6 Å². The Morgan fingerprint density at radius 2 is 1.15 bits per heavy atom. The molecule has 0 radical (unpaired) electrons. The van der Waals surface area contributed by atoms with E-state index in [0.717, 1.165) is 9.36 Å². The van der Waals surface area contributed by atoms with Crippen LogP contribution in [0.25, 0.3) is 28.1 Å². The third kappa shape index (κ3) is 6.87. The summed E-state index contributed by atoms with van der Waals surface area (Å²) in [5.74, 6) is -3.14. The first kappa shape index (κ1) is 38.1. The molecule has 0 unspecified atom stereocenters. The van der Waals surface area contributed by atoms with Gasteiger partial charge in [0.1, 0.15) is 11.6 Å². The molecule has 0 saturated heterocycles. The van der Waals surface area contributed by atoms with Gasteiger partial charge in [0.2, 0.25) is 0 Å². The van der Waals surface area contributed by atoms with Crippen molar-refractivity contribution >= 4 is 52.3 Å². The first-order chi connectivity index (χ1) is 28.2. The van der Waals surface area contributed by atoms with Crippen molar-refractivity contribution in [1.82, 2.24) is 54.1 Å². The number of carboxylic acid groups (broad SMARTS) is 2. The summed E-state index contributed by atoms with van der Waals surface area (Å²) in [4.78, 5) is 39.0. The molecule has 0 bridgehead atoms. The van der Waals surface area contributed by atoms with E-state index in [1.165, 1.54) is 45.8 Å². The molecule has 7 N–H and O–H groups in total. The lowest BCUT2D eigenvalue weighted by atomic mass is 10.2. The van der Waals surface area contributed by atoms with Crippen LogP contribution in [0.4, 0.5) is 40.3 Å². The number of benzene rings is 2. The van der Waals surface area contributed by atoms with Crippen LogP contribution in [0.1, 0.15) is 49.1 Å². The van der Waals surface area contributed by atoms with Gasteiger partial charge in [-0.2, -0.15) is 50.0 Å². The Kier molecular flexibility index (Phi) is 9.56. The van der Waals surface area contributed by atoms with Crippen LogP contribution in [0, 0.1) is 45.6 Å². The second-order valence-electron chi connectivity index (χ2n) is 12.4. The number of rotatable bonds is 10. The lowest BCUT2D eigenvalue weighted by Gasteiger charge is -2.07. The number of nitrogen functional groups attached to an aromatic ring is 2. The van der Waals surface area contributed by atoms with E-state index in [1.807, 2.05) is 6.07 Å². The SMILES string of the molecule is [C-]#[N+]c1c(C)nn(-c2cccc(C(=O)O)c2)c1N=Nc1c(C)nn(-c2nc(O)nc(-n3nc(C)c(N=Nc4c(C#N)c(C)nn4-c4cccc(C(=O)O)c4)c3N)n2)c1N. The number of carbonyl (C=O) groups is 2. The van der Waals surface area contributed by atoms with Gasteiger partial charge in [-0.3, -0.25) is 0 Å². The molecule has 0 aliphatic carbocycles. The second kappa shape index (κ2) is 14.8. The maximum absolute atomic E-state index is 11.6. The van der Waals surface area contributed by atoms with Gasteiger partial charge in [0.25, 0.3) is 17.6 Å². The largest absolute Gasteiger partial charge is 0.479 e. The molecule has 24 heteroatoms. The average Bonchev–Trinajstić information content (AvgIpc) is 3.90. The molecular weight excluding hydrogens is 767 g/mol. The third-order valence-electron chi connectivity index (χ3n) is 8.54. The topological polar surface area (TPSA) is 334 Å². The van der Waals surface area contributed by atoms with Gasteiger partial charge in [-0.15, -0.1) is 20.5 Å². The van der Waals surface area contributed by atoms with Crippen molar-refractivity contribution in [3.63, 3.8) is 0 Å². The zero-order chi connectivity index (χ0) is 42.3. The van der Waals surface area contributed by atoms with E-state index < -0.39 is 17.9 Å². The van der Waals surface area contributed by atoms with Crippen molar-refractivity contribution in [2.75, 3.05) is 11.5 Å². The zero-order valence-corrected chi connectivity index (χ0v) is 31.0. The number of nitrogens with zero attached hydrogens (tertiary/aromatic N) is 17. The van der Waals surface area contributed by atoms with Crippen molar-refractivity contribution in [1.29, 1.82) is 5.26 Å². The number of nitrogens with two attached hydrogens (primary N) is 2. The Labute approximate surface area is 330 Å². The first-order valence-corrected chi connectivity index (χ1v) is 16.8. The van der Waals surface area contributed by atoms with Gasteiger partial charge < -0.3 is 26.8 Å². The maximum atomic E-state index is 11.6. The average molecular weight is 794 g/mol. The molecule has 24 nitrogen and oxygen atoms in total. The monoisotopic (exact) mass is 793 g/mol. The predicted molar refractivity (Wildman–Crippen MR) is 204 cm³/mol. The molecule has 7 aromatic rings. The molecule has 5 heterocycles. The zero-order valence-electron chi connectivity index (χ0n) is 31.0. The van der Waals surface area contributed by atoms with Crippen LogP contribution in [0.15, 0.2) is 69.0 Å². The number of aromatic carboxylic acids is 2. The van der Waals surface area contributed by atoms with Gasteiger partial charge in [-0.25, -0.2) is 23.8 Å². The van der Waals surface area contributed by atoms with Crippen LogP contribution in [0.2, 0.25) is 0 Å². The van der Waals surface area contributed by atoms with Crippen LogP contribution in [0.5, 0.6) is 6.01 Å². The summed E-state index contributed by atoms with van der Waals surface area (Å²) in [5.41, 5.74) is 14.9. The highest BCUT2D eigenvalue weighted by molar-refractivity contribution is 5.89. The molecule has 0 fully saturated rings. The Bertz CT molecular complexity index is 2830. The van der Waals surface area contributed by atoms with E-state index in [0.29, 0.717) is 22.8 Å². The molecule has 5 aromatic heterocycles. The smallest absolute Gasteiger partial charge is 0.335 e.